The van der Waals surface area contributed by atoms with Crippen LogP contribution in [-0.2, 0) is 0 Å². The van der Waals surface area contributed by atoms with Crippen molar-refractivity contribution >= 4 is 11.9 Å². The summed E-state index contributed by atoms with van der Waals surface area (Å²) in [5.74, 6) is -0.270. The minimum atomic E-state index is -0.270. The zero-order valence-electron chi connectivity index (χ0n) is 8.97. The maximum absolute atomic E-state index is 12.7. The van der Waals surface area contributed by atoms with E-state index in [9.17, 15) is 4.39 Å². The molecule has 0 aromatic heterocycles. The van der Waals surface area contributed by atoms with E-state index in [2.05, 4.69) is 4.99 Å². The molecule has 2 aromatic carbocycles. The molecule has 82 valence electrons. The molecule has 0 aliphatic carbocycles. The van der Waals surface area contributed by atoms with E-state index >= 15 is 0 Å². The van der Waals surface area contributed by atoms with Gasteiger partial charge in [-0.2, -0.15) is 5.26 Å². The summed E-state index contributed by atoms with van der Waals surface area (Å²) in [6, 6.07) is 15.1. The van der Waals surface area contributed by atoms with Crippen molar-refractivity contribution < 1.29 is 4.39 Å². The van der Waals surface area contributed by atoms with E-state index in [0.717, 1.165) is 5.56 Å². The van der Waals surface area contributed by atoms with Gasteiger partial charge in [-0.05, 0) is 35.9 Å². The Hall–Kier alpha value is -2.47. The number of hydrogen-bond donors (Lipinski definition) is 0. The van der Waals surface area contributed by atoms with E-state index in [4.69, 9.17) is 5.26 Å². The lowest BCUT2D eigenvalue weighted by Crippen LogP contribution is -1.81. The molecule has 0 radical (unpaired) electrons. The van der Waals surface area contributed by atoms with Crippen LogP contribution in [0.15, 0.2) is 53.5 Å². The van der Waals surface area contributed by atoms with E-state index in [1.165, 1.54) is 12.1 Å². The van der Waals surface area contributed by atoms with Gasteiger partial charge >= 0.3 is 0 Å². The van der Waals surface area contributed by atoms with Gasteiger partial charge in [0.2, 0.25) is 0 Å². The third-order valence-electron chi connectivity index (χ3n) is 2.21. The molecule has 0 saturated heterocycles. The second-order valence-electron chi connectivity index (χ2n) is 3.47. The molecule has 0 aliphatic heterocycles. The van der Waals surface area contributed by atoms with Gasteiger partial charge in [-0.1, -0.05) is 18.2 Å². The maximum Gasteiger partial charge on any atom is 0.123 e. The largest absolute Gasteiger partial charge is 0.256 e. The van der Waals surface area contributed by atoms with Crippen LogP contribution in [0, 0.1) is 17.1 Å². The first kappa shape index (κ1) is 11.0. The molecular formula is C14H9FN2. The Morgan fingerprint density at radius 3 is 2.59 bits per heavy atom. The molecule has 0 fully saturated rings. The third kappa shape index (κ3) is 2.99. The Morgan fingerprint density at radius 1 is 1.12 bits per heavy atom. The van der Waals surface area contributed by atoms with Crippen molar-refractivity contribution in [2.45, 2.75) is 0 Å². The average Bonchev–Trinajstić information content (AvgIpc) is 2.38. The Morgan fingerprint density at radius 2 is 1.88 bits per heavy atom. The average molecular weight is 224 g/mol. The number of rotatable bonds is 2. The van der Waals surface area contributed by atoms with E-state index in [1.807, 2.05) is 6.07 Å². The topological polar surface area (TPSA) is 36.1 Å². The summed E-state index contributed by atoms with van der Waals surface area (Å²) in [5.41, 5.74) is 2.08. The second-order valence-corrected chi connectivity index (χ2v) is 3.47. The summed E-state index contributed by atoms with van der Waals surface area (Å²) in [6.45, 7) is 0. The van der Waals surface area contributed by atoms with Gasteiger partial charge in [0.15, 0.2) is 0 Å². The van der Waals surface area contributed by atoms with Crippen molar-refractivity contribution in [1.29, 1.82) is 5.26 Å². The first-order chi connectivity index (χ1) is 8.28. The summed E-state index contributed by atoms with van der Waals surface area (Å²) >= 11 is 0. The van der Waals surface area contributed by atoms with Crippen molar-refractivity contribution in [3.8, 4) is 6.07 Å². The highest BCUT2D eigenvalue weighted by Gasteiger charge is 1.93. The lowest BCUT2D eigenvalue weighted by molar-refractivity contribution is 0.628. The molecule has 0 unspecified atom stereocenters. The molecule has 0 saturated carbocycles. The van der Waals surface area contributed by atoms with Crippen molar-refractivity contribution in [3.05, 3.63) is 65.5 Å². The fraction of sp³-hybridized carbons (Fsp3) is 0. The van der Waals surface area contributed by atoms with Crippen molar-refractivity contribution in [3.63, 3.8) is 0 Å². The molecule has 0 bridgehead atoms. The van der Waals surface area contributed by atoms with Crippen LogP contribution >= 0.6 is 0 Å². The molecule has 0 N–H and O–H groups in total. The van der Waals surface area contributed by atoms with Gasteiger partial charge in [-0.15, -0.1) is 0 Å². The molecule has 2 nitrogen and oxygen atoms in total. The van der Waals surface area contributed by atoms with Crippen LogP contribution in [0.1, 0.15) is 11.1 Å². The SMILES string of the molecule is N#Cc1cccc(N=Cc2ccc(F)cc2)c1. The van der Waals surface area contributed by atoms with Gasteiger partial charge in [0.1, 0.15) is 5.82 Å². The summed E-state index contributed by atoms with van der Waals surface area (Å²) < 4.78 is 12.7. The molecule has 2 rings (SSSR count). The van der Waals surface area contributed by atoms with Crippen molar-refractivity contribution in [2.75, 3.05) is 0 Å². The highest BCUT2D eigenvalue weighted by atomic mass is 19.1. The van der Waals surface area contributed by atoms with E-state index in [1.54, 1.807) is 42.6 Å². The summed E-state index contributed by atoms with van der Waals surface area (Å²) in [5, 5.41) is 8.73. The predicted molar refractivity (Wildman–Crippen MR) is 64.8 cm³/mol. The van der Waals surface area contributed by atoms with Gasteiger partial charge < -0.3 is 0 Å². The number of benzene rings is 2. The fourth-order valence-corrected chi connectivity index (χ4v) is 1.35. The van der Waals surface area contributed by atoms with Gasteiger partial charge in [-0.25, -0.2) is 4.39 Å². The number of hydrogen-bond acceptors (Lipinski definition) is 2. The minimum absolute atomic E-state index is 0.270. The molecule has 17 heavy (non-hydrogen) atoms. The van der Waals surface area contributed by atoms with Crippen molar-refractivity contribution in [2.24, 2.45) is 4.99 Å². The number of halogens is 1. The summed E-state index contributed by atoms with van der Waals surface area (Å²) in [7, 11) is 0. The van der Waals surface area contributed by atoms with E-state index < -0.39 is 0 Å². The molecule has 0 amide bonds. The predicted octanol–water partition coefficient (Wildman–Crippen LogP) is 3.45. The van der Waals surface area contributed by atoms with Crippen LogP contribution in [0.2, 0.25) is 0 Å². The molecule has 0 spiro atoms. The van der Waals surface area contributed by atoms with Crippen LogP contribution in [-0.4, -0.2) is 6.21 Å². The van der Waals surface area contributed by atoms with E-state index in [-0.39, 0.29) is 5.82 Å². The highest BCUT2D eigenvalue weighted by molar-refractivity contribution is 5.81. The lowest BCUT2D eigenvalue weighted by atomic mass is 10.2. The summed E-state index contributed by atoms with van der Waals surface area (Å²) in [6.07, 6.45) is 1.63. The molecule has 3 heteroatoms. The molecule has 0 atom stereocenters. The monoisotopic (exact) mass is 224 g/mol. The normalized spacial score (nSPS) is 10.4. The number of aliphatic imine (C=N–C) groups is 1. The lowest BCUT2D eigenvalue weighted by Gasteiger charge is -1.95. The number of nitriles is 1. The Labute approximate surface area is 98.7 Å². The van der Waals surface area contributed by atoms with E-state index in [0.29, 0.717) is 11.3 Å². The maximum atomic E-state index is 12.7. The zero-order valence-corrected chi connectivity index (χ0v) is 8.97. The fourth-order valence-electron chi connectivity index (χ4n) is 1.35. The Bertz CT molecular complexity index is 580. The summed E-state index contributed by atoms with van der Waals surface area (Å²) in [4.78, 5) is 4.22. The first-order valence-corrected chi connectivity index (χ1v) is 5.08. The first-order valence-electron chi connectivity index (χ1n) is 5.08. The third-order valence-corrected chi connectivity index (χ3v) is 2.21. The zero-order chi connectivity index (χ0) is 12.1. The molecule has 0 aliphatic rings. The molecule has 0 heterocycles. The van der Waals surface area contributed by atoms with Crippen LogP contribution in [0.5, 0.6) is 0 Å². The van der Waals surface area contributed by atoms with Gasteiger partial charge in [0, 0.05) is 6.21 Å². The smallest absolute Gasteiger partial charge is 0.123 e. The van der Waals surface area contributed by atoms with Crippen LogP contribution in [0.25, 0.3) is 0 Å². The van der Waals surface area contributed by atoms with Crippen molar-refractivity contribution in [1.82, 2.24) is 0 Å². The Balaban J connectivity index is 2.20. The minimum Gasteiger partial charge on any atom is -0.256 e. The number of nitrogens with zero attached hydrogens (tertiary/aromatic N) is 2. The van der Waals surface area contributed by atoms with Gasteiger partial charge in [0.05, 0.1) is 17.3 Å². The van der Waals surface area contributed by atoms with Crippen LogP contribution in [0.4, 0.5) is 10.1 Å². The highest BCUT2D eigenvalue weighted by Crippen LogP contribution is 2.13. The second kappa shape index (κ2) is 5.04. The van der Waals surface area contributed by atoms with Gasteiger partial charge in [-0.3, -0.25) is 4.99 Å². The quantitative estimate of drug-likeness (QED) is 0.719. The van der Waals surface area contributed by atoms with Crippen LogP contribution < -0.4 is 0 Å². The van der Waals surface area contributed by atoms with Gasteiger partial charge in [0.25, 0.3) is 0 Å². The van der Waals surface area contributed by atoms with Crippen LogP contribution in [0.3, 0.4) is 0 Å². The molecular weight excluding hydrogens is 215 g/mol. The molecule has 2 aromatic rings. The Kier molecular flexibility index (Phi) is 3.27. The standard InChI is InChI=1S/C14H9FN2/c15-13-6-4-11(5-7-13)10-17-14-3-1-2-12(8-14)9-16/h1-8,10H.